The molecular weight excluding hydrogens is 316 g/mol. The number of fused-ring (bicyclic) bond motifs is 1. The molecule has 0 aromatic heterocycles. The van der Waals surface area contributed by atoms with E-state index in [2.05, 4.69) is 54.5 Å². The molecule has 0 aromatic rings. The predicted octanol–water partition coefficient (Wildman–Crippen LogP) is 7.53. The van der Waals surface area contributed by atoms with Crippen LogP contribution in [-0.4, -0.2) is 6.10 Å². The lowest BCUT2D eigenvalue weighted by Crippen LogP contribution is -2.52. The zero-order valence-corrected chi connectivity index (χ0v) is 18.4. The first-order valence-corrected chi connectivity index (χ1v) is 11.3. The second kappa shape index (κ2) is 7.72. The maximum Gasteiger partial charge on any atom is 0.0993 e. The van der Waals surface area contributed by atoms with Crippen molar-refractivity contribution in [1.29, 1.82) is 0 Å². The highest BCUT2D eigenvalue weighted by atomic mass is 16.5. The van der Waals surface area contributed by atoms with Crippen LogP contribution in [0.4, 0.5) is 0 Å². The van der Waals surface area contributed by atoms with Crippen LogP contribution in [0, 0.1) is 35.0 Å². The molecule has 1 heteroatoms. The molecule has 0 N–H and O–H groups in total. The third-order valence-corrected chi connectivity index (χ3v) is 8.21. The second-order valence-corrected chi connectivity index (χ2v) is 10.3. The Hall–Kier alpha value is -0.720. The van der Waals surface area contributed by atoms with Crippen LogP contribution in [-0.2, 0) is 4.74 Å². The summed E-state index contributed by atoms with van der Waals surface area (Å²) in [4.78, 5) is 0. The van der Waals surface area contributed by atoms with E-state index in [4.69, 9.17) is 4.74 Å². The van der Waals surface area contributed by atoms with Gasteiger partial charge >= 0.3 is 0 Å². The van der Waals surface area contributed by atoms with Gasteiger partial charge in [-0.2, -0.15) is 0 Å². The summed E-state index contributed by atoms with van der Waals surface area (Å²) >= 11 is 0. The standard InChI is InChI=1S/C25H42O/c1-16(2)13-14-23(26-21-11-9-8-10-12-21)19(5)24-17(3)15-22-18(4)20(6)25(22,24)7/h14,16,18-22H,8-13,15H2,1-7H3/b23-14-/t18?,19-,20?,22+,25+/m1/s1. The number of rotatable bonds is 6. The van der Waals surface area contributed by atoms with Crippen LogP contribution in [0.1, 0.15) is 93.4 Å². The van der Waals surface area contributed by atoms with Gasteiger partial charge in [0.2, 0.25) is 0 Å². The van der Waals surface area contributed by atoms with Crippen LogP contribution in [0.3, 0.4) is 0 Å². The fourth-order valence-corrected chi connectivity index (χ4v) is 6.43. The molecule has 3 aliphatic carbocycles. The molecule has 2 saturated carbocycles. The van der Waals surface area contributed by atoms with Gasteiger partial charge in [-0.3, -0.25) is 0 Å². The van der Waals surface area contributed by atoms with Crippen molar-refractivity contribution in [2.75, 3.05) is 0 Å². The Labute approximate surface area is 162 Å². The van der Waals surface area contributed by atoms with E-state index in [0.717, 1.165) is 24.2 Å². The minimum Gasteiger partial charge on any atom is -0.494 e. The van der Waals surface area contributed by atoms with Crippen molar-refractivity contribution in [3.05, 3.63) is 23.0 Å². The maximum absolute atomic E-state index is 6.71. The third kappa shape index (κ3) is 3.40. The van der Waals surface area contributed by atoms with Crippen molar-refractivity contribution in [3.63, 3.8) is 0 Å². The van der Waals surface area contributed by atoms with E-state index in [1.165, 1.54) is 44.3 Å². The Morgan fingerprint density at radius 2 is 1.81 bits per heavy atom. The molecule has 0 heterocycles. The molecule has 0 amide bonds. The van der Waals surface area contributed by atoms with Gasteiger partial charge in [0, 0.05) is 5.92 Å². The van der Waals surface area contributed by atoms with Crippen LogP contribution in [0.2, 0.25) is 0 Å². The maximum atomic E-state index is 6.71. The van der Waals surface area contributed by atoms with Gasteiger partial charge in [0.1, 0.15) is 0 Å². The number of ether oxygens (including phenoxy) is 1. The Balaban J connectivity index is 1.83. The van der Waals surface area contributed by atoms with Crippen LogP contribution in [0.25, 0.3) is 0 Å². The van der Waals surface area contributed by atoms with Crippen molar-refractivity contribution in [2.45, 2.75) is 99.5 Å². The van der Waals surface area contributed by atoms with E-state index in [1.807, 2.05) is 0 Å². The molecule has 26 heavy (non-hydrogen) atoms. The lowest BCUT2D eigenvalue weighted by molar-refractivity contribution is -0.0536. The van der Waals surface area contributed by atoms with Crippen LogP contribution in [0.15, 0.2) is 23.0 Å². The summed E-state index contributed by atoms with van der Waals surface area (Å²) < 4.78 is 6.71. The molecule has 3 aliphatic rings. The summed E-state index contributed by atoms with van der Waals surface area (Å²) in [6, 6.07) is 0. The average molecular weight is 359 g/mol. The Morgan fingerprint density at radius 1 is 1.15 bits per heavy atom. The van der Waals surface area contributed by atoms with Crippen molar-refractivity contribution < 1.29 is 4.74 Å². The first kappa shape index (κ1) is 20.0. The highest BCUT2D eigenvalue weighted by molar-refractivity contribution is 5.39. The van der Waals surface area contributed by atoms with Gasteiger partial charge in [0.15, 0.2) is 0 Å². The average Bonchev–Trinajstić information content (AvgIpc) is 2.86. The minimum absolute atomic E-state index is 0.399. The van der Waals surface area contributed by atoms with E-state index >= 15 is 0 Å². The smallest absolute Gasteiger partial charge is 0.0993 e. The molecule has 0 radical (unpaired) electrons. The number of allylic oxidation sites excluding steroid dienone is 3. The predicted molar refractivity (Wildman–Crippen MR) is 112 cm³/mol. The fraction of sp³-hybridized carbons (Fsp3) is 0.840. The molecule has 3 rings (SSSR count). The lowest BCUT2D eigenvalue weighted by Gasteiger charge is -2.57. The number of hydrogen-bond acceptors (Lipinski definition) is 1. The van der Waals surface area contributed by atoms with E-state index in [1.54, 1.807) is 11.1 Å². The van der Waals surface area contributed by atoms with Crippen molar-refractivity contribution in [3.8, 4) is 0 Å². The molecule has 0 aromatic carbocycles. The normalized spacial score (nSPS) is 36.9. The zero-order chi connectivity index (χ0) is 19.1. The Bertz CT molecular complexity index is 563. The lowest BCUT2D eigenvalue weighted by atomic mass is 9.47. The van der Waals surface area contributed by atoms with Crippen LogP contribution in [0.5, 0.6) is 0 Å². The first-order chi connectivity index (χ1) is 12.3. The zero-order valence-electron chi connectivity index (χ0n) is 18.4. The molecule has 1 nitrogen and oxygen atoms in total. The summed E-state index contributed by atoms with van der Waals surface area (Å²) in [6.45, 7) is 16.9. The largest absolute Gasteiger partial charge is 0.494 e. The summed E-state index contributed by atoms with van der Waals surface area (Å²) in [5, 5.41) is 0. The molecule has 5 atom stereocenters. The van der Waals surface area contributed by atoms with Crippen molar-refractivity contribution in [2.24, 2.45) is 35.0 Å². The van der Waals surface area contributed by atoms with Crippen molar-refractivity contribution >= 4 is 0 Å². The SMILES string of the molecule is CC1=C([C@H](C)/C(=C/CC(C)C)OC2CCCCC2)[C@@]2(C)C(C)C(C)[C@@H]2C1. The summed E-state index contributed by atoms with van der Waals surface area (Å²) in [5.41, 5.74) is 3.78. The van der Waals surface area contributed by atoms with Gasteiger partial charge in [-0.1, -0.05) is 59.1 Å². The molecule has 148 valence electrons. The van der Waals surface area contributed by atoms with Gasteiger partial charge in [-0.15, -0.1) is 0 Å². The molecule has 2 fully saturated rings. The topological polar surface area (TPSA) is 9.23 Å². The van der Waals surface area contributed by atoms with Gasteiger partial charge in [-0.25, -0.2) is 0 Å². The summed E-state index contributed by atoms with van der Waals surface area (Å²) in [5.74, 6) is 4.94. The van der Waals surface area contributed by atoms with Crippen LogP contribution < -0.4 is 0 Å². The van der Waals surface area contributed by atoms with E-state index in [-0.39, 0.29) is 0 Å². The third-order valence-electron chi connectivity index (χ3n) is 8.21. The van der Waals surface area contributed by atoms with Gasteiger partial charge in [-0.05, 0) is 80.6 Å². The highest BCUT2D eigenvalue weighted by Crippen LogP contribution is 2.68. The highest BCUT2D eigenvalue weighted by Gasteiger charge is 2.60. The molecular formula is C25H42O. The van der Waals surface area contributed by atoms with Gasteiger partial charge in [0.05, 0.1) is 11.9 Å². The van der Waals surface area contributed by atoms with E-state index in [9.17, 15) is 0 Å². The molecule has 2 unspecified atom stereocenters. The minimum atomic E-state index is 0.399. The van der Waals surface area contributed by atoms with E-state index in [0.29, 0.717) is 23.4 Å². The van der Waals surface area contributed by atoms with Crippen molar-refractivity contribution in [1.82, 2.24) is 0 Å². The van der Waals surface area contributed by atoms with Gasteiger partial charge < -0.3 is 4.74 Å². The monoisotopic (exact) mass is 358 g/mol. The second-order valence-electron chi connectivity index (χ2n) is 10.3. The molecule has 0 saturated heterocycles. The summed E-state index contributed by atoms with van der Waals surface area (Å²) in [7, 11) is 0. The molecule has 0 spiro atoms. The Kier molecular flexibility index (Phi) is 5.95. The summed E-state index contributed by atoms with van der Waals surface area (Å²) in [6.07, 6.45) is 11.9. The fourth-order valence-electron chi connectivity index (χ4n) is 6.43. The molecule has 0 aliphatic heterocycles. The van der Waals surface area contributed by atoms with Gasteiger partial charge in [0.25, 0.3) is 0 Å². The van der Waals surface area contributed by atoms with Crippen LogP contribution >= 0.6 is 0 Å². The first-order valence-electron chi connectivity index (χ1n) is 11.3. The van der Waals surface area contributed by atoms with E-state index < -0.39 is 0 Å². The quantitative estimate of drug-likeness (QED) is 0.352. The number of hydrogen-bond donors (Lipinski definition) is 0. The molecule has 0 bridgehead atoms. The Morgan fingerprint density at radius 3 is 2.42 bits per heavy atom.